The van der Waals surface area contributed by atoms with Gasteiger partial charge in [0.2, 0.25) is 5.91 Å². The lowest BCUT2D eigenvalue weighted by atomic mass is 10.1. The van der Waals surface area contributed by atoms with Gasteiger partial charge in [0.05, 0.1) is 7.11 Å². The number of hydrogen-bond acceptors (Lipinski definition) is 4. The monoisotopic (exact) mass is 518 g/mol. The van der Waals surface area contributed by atoms with E-state index in [1.807, 2.05) is 115 Å². The standard InChI is InChI=1S/C32H26N2O3S/c1-37-28-15-7-13-26(20-28)34-32(36)30(23-10-3-2-4-11-23)38-29-16-8-14-27(21-29)33-31(35)25-18-17-22-9-5-6-12-24(22)19-25/h2-21,30H,1H3,(H,33,35)(H,34,36). The van der Waals surface area contributed by atoms with Crippen molar-refractivity contribution in [3.63, 3.8) is 0 Å². The number of amides is 2. The lowest BCUT2D eigenvalue weighted by Gasteiger charge is -2.18. The first-order valence-corrected chi connectivity index (χ1v) is 13.0. The highest BCUT2D eigenvalue weighted by atomic mass is 32.2. The highest BCUT2D eigenvalue weighted by Gasteiger charge is 2.22. The zero-order valence-electron chi connectivity index (χ0n) is 20.8. The Kier molecular flexibility index (Phi) is 7.71. The number of fused-ring (bicyclic) bond motifs is 1. The summed E-state index contributed by atoms with van der Waals surface area (Å²) >= 11 is 1.42. The first-order chi connectivity index (χ1) is 18.6. The van der Waals surface area contributed by atoms with Gasteiger partial charge in [0.25, 0.3) is 5.91 Å². The summed E-state index contributed by atoms with van der Waals surface area (Å²) in [6.45, 7) is 0. The van der Waals surface area contributed by atoms with E-state index in [9.17, 15) is 9.59 Å². The van der Waals surface area contributed by atoms with E-state index < -0.39 is 5.25 Å². The van der Waals surface area contributed by atoms with Gasteiger partial charge < -0.3 is 15.4 Å². The Morgan fingerprint density at radius 2 is 1.39 bits per heavy atom. The molecule has 0 aliphatic carbocycles. The van der Waals surface area contributed by atoms with Crippen LogP contribution in [0.15, 0.2) is 126 Å². The topological polar surface area (TPSA) is 67.4 Å². The maximum atomic E-state index is 13.4. The Hall–Kier alpha value is -4.55. The molecule has 2 N–H and O–H groups in total. The van der Waals surface area contributed by atoms with Crippen molar-refractivity contribution >= 4 is 45.7 Å². The van der Waals surface area contributed by atoms with E-state index >= 15 is 0 Å². The molecule has 2 amide bonds. The van der Waals surface area contributed by atoms with Crippen LogP contribution in [0.2, 0.25) is 0 Å². The van der Waals surface area contributed by atoms with Crippen molar-refractivity contribution in [2.24, 2.45) is 0 Å². The van der Waals surface area contributed by atoms with Gasteiger partial charge in [-0.1, -0.05) is 72.8 Å². The zero-order valence-corrected chi connectivity index (χ0v) is 21.6. The normalized spacial score (nSPS) is 11.5. The molecule has 188 valence electrons. The van der Waals surface area contributed by atoms with Crippen LogP contribution in [0.25, 0.3) is 10.8 Å². The van der Waals surface area contributed by atoms with Crippen LogP contribution >= 0.6 is 11.8 Å². The third kappa shape index (κ3) is 6.05. The van der Waals surface area contributed by atoms with Crippen LogP contribution in [0.5, 0.6) is 5.75 Å². The summed E-state index contributed by atoms with van der Waals surface area (Å²) in [5.41, 5.74) is 2.78. The molecule has 0 radical (unpaired) electrons. The van der Waals surface area contributed by atoms with Crippen molar-refractivity contribution in [2.45, 2.75) is 10.1 Å². The minimum atomic E-state index is -0.506. The number of methoxy groups -OCH3 is 1. The van der Waals surface area contributed by atoms with Crippen LogP contribution in [-0.2, 0) is 4.79 Å². The molecule has 5 aromatic rings. The average molecular weight is 519 g/mol. The maximum absolute atomic E-state index is 13.4. The summed E-state index contributed by atoms with van der Waals surface area (Å²) in [4.78, 5) is 27.3. The van der Waals surface area contributed by atoms with Gasteiger partial charge in [0, 0.05) is 27.9 Å². The number of carbonyl (C=O) groups excluding carboxylic acids is 2. The maximum Gasteiger partial charge on any atom is 0.255 e. The third-order valence-corrected chi connectivity index (χ3v) is 7.28. The van der Waals surface area contributed by atoms with Gasteiger partial charge in [-0.05, 0) is 58.8 Å². The van der Waals surface area contributed by atoms with Crippen molar-refractivity contribution in [2.75, 3.05) is 17.7 Å². The Bertz CT molecular complexity index is 1590. The average Bonchev–Trinajstić information content (AvgIpc) is 2.96. The SMILES string of the molecule is COc1cccc(NC(=O)C(Sc2cccc(NC(=O)c3ccc4ccccc4c3)c2)c2ccccc2)c1. The minimum Gasteiger partial charge on any atom is -0.497 e. The van der Waals surface area contributed by atoms with Gasteiger partial charge in [-0.15, -0.1) is 11.8 Å². The zero-order chi connectivity index (χ0) is 26.3. The van der Waals surface area contributed by atoms with Crippen molar-refractivity contribution in [1.29, 1.82) is 0 Å². The van der Waals surface area contributed by atoms with E-state index in [2.05, 4.69) is 10.6 Å². The number of ether oxygens (including phenoxy) is 1. The van der Waals surface area contributed by atoms with E-state index in [0.717, 1.165) is 21.2 Å². The molecule has 0 aliphatic rings. The van der Waals surface area contributed by atoms with Crippen LogP contribution in [0.4, 0.5) is 11.4 Å². The van der Waals surface area contributed by atoms with Gasteiger partial charge in [0.1, 0.15) is 11.0 Å². The van der Waals surface area contributed by atoms with Gasteiger partial charge in [-0.25, -0.2) is 0 Å². The molecule has 0 aromatic heterocycles. The van der Waals surface area contributed by atoms with E-state index in [-0.39, 0.29) is 11.8 Å². The summed E-state index contributed by atoms with van der Waals surface area (Å²) in [5, 5.41) is 7.59. The minimum absolute atomic E-state index is 0.153. The molecule has 0 aliphatic heterocycles. The smallest absolute Gasteiger partial charge is 0.255 e. The van der Waals surface area contributed by atoms with Crippen molar-refractivity contribution in [3.05, 3.63) is 132 Å². The molecule has 1 unspecified atom stereocenters. The number of nitrogens with one attached hydrogen (secondary N) is 2. The molecule has 5 aromatic carbocycles. The lowest BCUT2D eigenvalue weighted by Crippen LogP contribution is -2.19. The first kappa shape index (κ1) is 25.1. The third-order valence-electron chi connectivity index (χ3n) is 6.04. The second-order valence-electron chi connectivity index (χ2n) is 8.67. The molecule has 6 heteroatoms. The Morgan fingerprint density at radius 3 is 2.18 bits per heavy atom. The second-order valence-corrected chi connectivity index (χ2v) is 9.85. The summed E-state index contributed by atoms with van der Waals surface area (Å²) < 4.78 is 5.28. The molecule has 0 fully saturated rings. The van der Waals surface area contributed by atoms with Crippen LogP contribution in [0, 0.1) is 0 Å². The molecule has 1 atom stereocenters. The van der Waals surface area contributed by atoms with Crippen LogP contribution < -0.4 is 15.4 Å². The molecule has 0 saturated heterocycles. The number of benzene rings is 5. The number of rotatable bonds is 8. The van der Waals surface area contributed by atoms with Crippen LogP contribution in [0.1, 0.15) is 21.2 Å². The Morgan fingerprint density at radius 1 is 0.684 bits per heavy atom. The quantitative estimate of drug-likeness (QED) is 0.208. The van der Waals surface area contributed by atoms with Crippen molar-refractivity contribution < 1.29 is 14.3 Å². The van der Waals surface area contributed by atoms with Gasteiger partial charge in [-0.2, -0.15) is 0 Å². The summed E-state index contributed by atoms with van der Waals surface area (Å²) in [6.07, 6.45) is 0. The number of anilines is 2. The largest absolute Gasteiger partial charge is 0.497 e. The summed E-state index contributed by atoms with van der Waals surface area (Å²) in [5.74, 6) is 0.329. The van der Waals surface area contributed by atoms with Gasteiger partial charge in [0.15, 0.2) is 0 Å². The Labute approximate surface area is 225 Å². The van der Waals surface area contributed by atoms with E-state index in [4.69, 9.17) is 4.74 Å². The van der Waals surface area contributed by atoms with Crippen molar-refractivity contribution in [3.8, 4) is 5.75 Å². The number of carbonyl (C=O) groups is 2. The van der Waals surface area contributed by atoms with E-state index in [1.165, 1.54) is 11.8 Å². The van der Waals surface area contributed by atoms with Crippen LogP contribution in [0.3, 0.4) is 0 Å². The second kappa shape index (κ2) is 11.7. The van der Waals surface area contributed by atoms with E-state index in [0.29, 0.717) is 22.7 Å². The lowest BCUT2D eigenvalue weighted by molar-refractivity contribution is -0.115. The number of thioether (sulfide) groups is 1. The molecule has 0 spiro atoms. The van der Waals surface area contributed by atoms with Gasteiger partial charge in [-0.3, -0.25) is 9.59 Å². The molecule has 0 heterocycles. The Balaban J connectivity index is 1.35. The molecular weight excluding hydrogens is 492 g/mol. The van der Waals surface area contributed by atoms with Gasteiger partial charge >= 0.3 is 0 Å². The summed E-state index contributed by atoms with van der Waals surface area (Å²) in [7, 11) is 1.59. The molecule has 38 heavy (non-hydrogen) atoms. The van der Waals surface area contributed by atoms with Crippen LogP contribution in [-0.4, -0.2) is 18.9 Å². The highest BCUT2D eigenvalue weighted by molar-refractivity contribution is 8.00. The molecular formula is C32H26N2O3S. The predicted octanol–water partition coefficient (Wildman–Crippen LogP) is 7.57. The first-order valence-electron chi connectivity index (χ1n) is 12.2. The molecule has 5 nitrogen and oxygen atoms in total. The fraction of sp³-hybridized carbons (Fsp3) is 0.0625. The predicted molar refractivity (Wildman–Crippen MR) is 155 cm³/mol. The molecule has 5 rings (SSSR count). The summed E-state index contributed by atoms with van der Waals surface area (Å²) in [6, 6.07) is 38.1. The van der Waals surface area contributed by atoms with Crippen molar-refractivity contribution in [1.82, 2.24) is 0 Å². The van der Waals surface area contributed by atoms with E-state index in [1.54, 1.807) is 13.2 Å². The molecule has 0 saturated carbocycles. The fourth-order valence-electron chi connectivity index (χ4n) is 4.13. The highest BCUT2D eigenvalue weighted by Crippen LogP contribution is 2.37. The molecule has 0 bridgehead atoms. The fourth-order valence-corrected chi connectivity index (χ4v) is 5.21. The number of hydrogen-bond donors (Lipinski definition) is 2.